The maximum atomic E-state index is 12.3. The van der Waals surface area contributed by atoms with Crippen LogP contribution < -0.4 is 11.1 Å². The Hall–Kier alpha value is -1.63. The molecule has 1 fully saturated rings. The van der Waals surface area contributed by atoms with Crippen LogP contribution in [0.25, 0.3) is 0 Å². The average molecular weight is 369 g/mol. The van der Waals surface area contributed by atoms with Gasteiger partial charge in [0.15, 0.2) is 0 Å². The number of nitrogens with one attached hydrogen (secondary N) is 1. The smallest absolute Gasteiger partial charge is 0.253 e. The molecule has 1 aliphatic heterocycles. The second-order valence-corrected chi connectivity index (χ2v) is 6.22. The van der Waals surface area contributed by atoms with Crippen LogP contribution in [0.1, 0.15) is 37.0 Å². The summed E-state index contributed by atoms with van der Waals surface area (Å²) in [5.74, 6) is -0.0178. The van der Waals surface area contributed by atoms with Crippen molar-refractivity contribution < 1.29 is 9.59 Å². The fourth-order valence-electron chi connectivity index (χ4n) is 2.90. The van der Waals surface area contributed by atoms with Gasteiger partial charge in [-0.3, -0.25) is 14.5 Å². The summed E-state index contributed by atoms with van der Waals surface area (Å²) in [7, 11) is 0. The van der Waals surface area contributed by atoms with Gasteiger partial charge in [0.25, 0.3) is 5.91 Å². The molecule has 1 aromatic rings. The predicted octanol–water partition coefficient (Wildman–Crippen LogP) is 1.95. The summed E-state index contributed by atoms with van der Waals surface area (Å²) < 4.78 is 0. The van der Waals surface area contributed by atoms with Gasteiger partial charge in [-0.25, -0.2) is 0 Å². The number of nitrogens with zero attached hydrogens (tertiary/aromatic N) is 2. The zero-order chi connectivity index (χ0) is 17.5. The number of benzene rings is 1. The number of halogens is 1. The molecule has 1 aliphatic rings. The van der Waals surface area contributed by atoms with E-state index < -0.39 is 0 Å². The van der Waals surface area contributed by atoms with Crippen LogP contribution in [0.5, 0.6) is 0 Å². The van der Waals surface area contributed by atoms with Crippen molar-refractivity contribution in [3.05, 3.63) is 29.8 Å². The molecule has 25 heavy (non-hydrogen) atoms. The Morgan fingerprint density at radius 1 is 1.16 bits per heavy atom. The van der Waals surface area contributed by atoms with Gasteiger partial charge in [-0.05, 0) is 51.0 Å². The Kier molecular flexibility index (Phi) is 8.89. The standard InChI is InChI=1S/C18H28N4O2.ClH/c1-3-22(4-2)18(24)14-5-7-16(8-6-14)20-17(23)13-21-11-9-15(19)10-12-21;/h5-8,15H,3-4,9-13,19H2,1-2H3,(H,20,23);1H. The molecule has 0 saturated carbocycles. The van der Waals surface area contributed by atoms with E-state index in [1.807, 2.05) is 13.8 Å². The van der Waals surface area contributed by atoms with Crippen molar-refractivity contribution in [3.63, 3.8) is 0 Å². The maximum Gasteiger partial charge on any atom is 0.253 e. The van der Waals surface area contributed by atoms with E-state index in [2.05, 4.69) is 10.2 Å². The molecule has 3 N–H and O–H groups in total. The highest BCUT2D eigenvalue weighted by atomic mass is 35.5. The summed E-state index contributed by atoms with van der Waals surface area (Å²) in [5.41, 5.74) is 7.23. The molecule has 1 saturated heterocycles. The van der Waals surface area contributed by atoms with Crippen molar-refractivity contribution >= 4 is 29.9 Å². The summed E-state index contributed by atoms with van der Waals surface area (Å²) in [6.07, 6.45) is 1.88. The molecular weight excluding hydrogens is 340 g/mol. The number of amides is 2. The van der Waals surface area contributed by atoms with Crippen LogP contribution in [-0.4, -0.2) is 60.4 Å². The zero-order valence-corrected chi connectivity index (χ0v) is 15.8. The maximum absolute atomic E-state index is 12.3. The van der Waals surface area contributed by atoms with Crippen LogP contribution in [0.3, 0.4) is 0 Å². The first-order valence-electron chi connectivity index (χ1n) is 8.70. The third-order valence-electron chi connectivity index (χ3n) is 4.47. The minimum absolute atomic E-state index is 0. The lowest BCUT2D eigenvalue weighted by molar-refractivity contribution is -0.117. The highest BCUT2D eigenvalue weighted by Gasteiger charge is 2.18. The highest BCUT2D eigenvalue weighted by Crippen LogP contribution is 2.13. The molecule has 0 spiro atoms. The molecule has 2 amide bonds. The summed E-state index contributed by atoms with van der Waals surface area (Å²) >= 11 is 0. The fraction of sp³-hybridized carbons (Fsp3) is 0.556. The van der Waals surface area contributed by atoms with E-state index in [-0.39, 0.29) is 30.3 Å². The van der Waals surface area contributed by atoms with Crippen molar-refractivity contribution in [2.45, 2.75) is 32.7 Å². The van der Waals surface area contributed by atoms with Crippen molar-refractivity contribution in [3.8, 4) is 0 Å². The van der Waals surface area contributed by atoms with Gasteiger partial charge in [-0.15, -0.1) is 12.4 Å². The average Bonchev–Trinajstić information content (AvgIpc) is 2.58. The topological polar surface area (TPSA) is 78.7 Å². The molecule has 0 radical (unpaired) electrons. The van der Waals surface area contributed by atoms with Crippen LogP contribution in [0, 0.1) is 0 Å². The Labute approximate surface area is 156 Å². The minimum Gasteiger partial charge on any atom is -0.339 e. The number of piperidine rings is 1. The summed E-state index contributed by atoms with van der Waals surface area (Å²) in [6, 6.07) is 7.34. The van der Waals surface area contributed by atoms with Gasteiger partial charge in [-0.2, -0.15) is 0 Å². The summed E-state index contributed by atoms with van der Waals surface area (Å²) in [4.78, 5) is 28.3. The molecule has 2 rings (SSSR count). The molecular formula is C18H29ClN4O2. The van der Waals surface area contributed by atoms with E-state index in [0.717, 1.165) is 25.9 Å². The van der Waals surface area contributed by atoms with Gasteiger partial charge < -0.3 is 16.0 Å². The number of nitrogens with two attached hydrogens (primary N) is 1. The number of carbonyl (C=O) groups is 2. The van der Waals surface area contributed by atoms with E-state index in [9.17, 15) is 9.59 Å². The van der Waals surface area contributed by atoms with Crippen LogP contribution in [0.2, 0.25) is 0 Å². The number of rotatable bonds is 6. The second kappa shape index (κ2) is 10.4. The normalized spacial score (nSPS) is 15.3. The molecule has 0 atom stereocenters. The van der Waals surface area contributed by atoms with Crippen LogP contribution >= 0.6 is 12.4 Å². The first-order valence-corrected chi connectivity index (χ1v) is 8.70. The molecule has 0 aliphatic carbocycles. The molecule has 140 valence electrons. The van der Waals surface area contributed by atoms with E-state index >= 15 is 0 Å². The lowest BCUT2D eigenvalue weighted by atomic mass is 10.1. The quantitative estimate of drug-likeness (QED) is 0.804. The first-order chi connectivity index (χ1) is 11.5. The third kappa shape index (κ3) is 6.30. The number of anilines is 1. The lowest BCUT2D eigenvalue weighted by Crippen LogP contribution is -2.43. The molecule has 0 bridgehead atoms. The van der Waals surface area contributed by atoms with E-state index in [4.69, 9.17) is 5.73 Å². The molecule has 6 nitrogen and oxygen atoms in total. The second-order valence-electron chi connectivity index (χ2n) is 6.22. The zero-order valence-electron chi connectivity index (χ0n) is 15.0. The molecule has 1 heterocycles. The Bertz CT molecular complexity index is 553. The van der Waals surface area contributed by atoms with E-state index in [1.54, 1.807) is 29.2 Å². The number of hydrogen-bond acceptors (Lipinski definition) is 4. The van der Waals surface area contributed by atoms with Crippen molar-refractivity contribution in [2.24, 2.45) is 5.73 Å². The van der Waals surface area contributed by atoms with Crippen LogP contribution in [0.15, 0.2) is 24.3 Å². The third-order valence-corrected chi connectivity index (χ3v) is 4.47. The number of hydrogen-bond donors (Lipinski definition) is 2. The summed E-state index contributed by atoms with van der Waals surface area (Å²) in [5, 5.41) is 2.89. The first kappa shape index (κ1) is 21.4. The largest absolute Gasteiger partial charge is 0.339 e. The van der Waals surface area contributed by atoms with Crippen LogP contribution in [-0.2, 0) is 4.79 Å². The van der Waals surface area contributed by atoms with Gasteiger partial charge in [0.05, 0.1) is 6.54 Å². The predicted molar refractivity (Wildman–Crippen MR) is 103 cm³/mol. The Morgan fingerprint density at radius 2 is 1.72 bits per heavy atom. The van der Waals surface area contributed by atoms with Gasteiger partial charge in [0.2, 0.25) is 5.91 Å². The Balaban J connectivity index is 0.00000312. The highest BCUT2D eigenvalue weighted by molar-refractivity contribution is 5.96. The molecule has 0 unspecified atom stereocenters. The van der Waals surface area contributed by atoms with Crippen molar-refractivity contribution in [1.29, 1.82) is 0 Å². The van der Waals surface area contributed by atoms with Crippen molar-refractivity contribution in [1.82, 2.24) is 9.80 Å². The van der Waals surface area contributed by atoms with Crippen LogP contribution in [0.4, 0.5) is 5.69 Å². The van der Waals surface area contributed by atoms with Gasteiger partial charge in [-0.1, -0.05) is 0 Å². The van der Waals surface area contributed by atoms with Crippen molar-refractivity contribution in [2.75, 3.05) is 38.0 Å². The monoisotopic (exact) mass is 368 g/mol. The Morgan fingerprint density at radius 3 is 2.24 bits per heavy atom. The molecule has 0 aromatic heterocycles. The minimum atomic E-state index is -0.0340. The number of carbonyl (C=O) groups excluding carboxylic acids is 2. The van der Waals surface area contributed by atoms with E-state index in [0.29, 0.717) is 30.9 Å². The molecule has 7 heteroatoms. The van der Waals surface area contributed by atoms with Gasteiger partial charge >= 0.3 is 0 Å². The number of likely N-dealkylation sites (tertiary alicyclic amines) is 1. The summed E-state index contributed by atoms with van der Waals surface area (Å²) in [6.45, 7) is 7.41. The van der Waals surface area contributed by atoms with E-state index in [1.165, 1.54) is 0 Å². The van der Waals surface area contributed by atoms with Gasteiger partial charge in [0.1, 0.15) is 0 Å². The lowest BCUT2D eigenvalue weighted by Gasteiger charge is -2.29. The SMILES string of the molecule is CCN(CC)C(=O)c1ccc(NC(=O)CN2CCC(N)CC2)cc1.Cl. The molecule has 1 aromatic carbocycles. The fourth-order valence-corrected chi connectivity index (χ4v) is 2.90. The van der Waals surface area contributed by atoms with Gasteiger partial charge in [0, 0.05) is 43.5 Å².